The highest BCUT2D eigenvalue weighted by molar-refractivity contribution is 6.22. The number of carboxylic acid groups (broad SMARTS) is 1. The minimum absolute atomic E-state index is 0.0201. The van der Waals surface area contributed by atoms with Crippen molar-refractivity contribution in [2.75, 3.05) is 26.2 Å². The van der Waals surface area contributed by atoms with Gasteiger partial charge in [0.2, 0.25) is 5.91 Å². The van der Waals surface area contributed by atoms with Gasteiger partial charge in [-0.1, -0.05) is 19.1 Å². The van der Waals surface area contributed by atoms with E-state index < -0.39 is 23.8 Å². The van der Waals surface area contributed by atoms with Gasteiger partial charge in [0.05, 0.1) is 11.1 Å². The lowest BCUT2D eigenvalue weighted by Crippen LogP contribution is -2.51. The number of hydrogen-bond donors (Lipinski definition) is 1. The molecule has 0 aliphatic carbocycles. The maximum absolute atomic E-state index is 12.6. The van der Waals surface area contributed by atoms with E-state index in [-0.39, 0.29) is 29.9 Å². The number of carbonyl (C=O) groups is 4. The highest BCUT2D eigenvalue weighted by Crippen LogP contribution is 2.26. The molecule has 156 valence electrons. The third-order valence-corrected chi connectivity index (χ3v) is 5.93. The Morgan fingerprint density at radius 2 is 1.59 bits per heavy atom. The van der Waals surface area contributed by atoms with Crippen LogP contribution in [0.25, 0.3) is 0 Å². The van der Waals surface area contributed by atoms with E-state index in [9.17, 15) is 24.3 Å². The molecule has 0 spiro atoms. The first-order valence-electron chi connectivity index (χ1n) is 10.1. The molecule has 0 aromatic heterocycles. The Balaban J connectivity index is 1.61. The van der Waals surface area contributed by atoms with E-state index in [2.05, 4.69) is 18.7 Å². The predicted molar refractivity (Wildman–Crippen MR) is 106 cm³/mol. The van der Waals surface area contributed by atoms with E-state index in [1.54, 1.807) is 17.0 Å². The number of carbonyl (C=O) groups excluding carboxylic acids is 3. The number of fused-ring (bicyclic) bond motifs is 1. The van der Waals surface area contributed by atoms with Crippen molar-refractivity contribution in [1.82, 2.24) is 14.7 Å². The maximum atomic E-state index is 12.6. The molecule has 8 nitrogen and oxygen atoms in total. The van der Waals surface area contributed by atoms with Gasteiger partial charge in [-0.05, 0) is 31.9 Å². The average molecular weight is 401 g/mol. The quantitative estimate of drug-likeness (QED) is 0.695. The minimum atomic E-state index is -1.35. The fraction of sp³-hybridized carbons (Fsp3) is 0.524. The number of rotatable bonds is 7. The summed E-state index contributed by atoms with van der Waals surface area (Å²) in [7, 11) is 0. The van der Waals surface area contributed by atoms with Gasteiger partial charge in [-0.25, -0.2) is 4.79 Å². The number of amides is 3. The minimum Gasteiger partial charge on any atom is -0.480 e. The summed E-state index contributed by atoms with van der Waals surface area (Å²) in [4.78, 5) is 54.4. The number of imide groups is 1. The van der Waals surface area contributed by atoms with Gasteiger partial charge in [0.15, 0.2) is 0 Å². The van der Waals surface area contributed by atoms with Crippen LogP contribution in [0.2, 0.25) is 0 Å². The van der Waals surface area contributed by atoms with Crippen LogP contribution in [0.3, 0.4) is 0 Å². The Kier molecular flexibility index (Phi) is 6.32. The van der Waals surface area contributed by atoms with Crippen molar-refractivity contribution in [3.63, 3.8) is 0 Å². The van der Waals surface area contributed by atoms with Gasteiger partial charge in [-0.3, -0.25) is 24.2 Å². The standard InChI is InChI=1S/C21H27N3O5/c1-3-14(2)22-10-12-23(13-11-22)18(25)9-8-17(21(28)29)24-19(26)15-6-4-5-7-16(15)20(24)27/h4-7,14,17H,3,8-13H2,1-2H3,(H,28,29)/t14?,17-/m0/s1. The molecule has 0 radical (unpaired) electrons. The molecular formula is C21H27N3O5. The number of hydrogen-bond acceptors (Lipinski definition) is 5. The second-order valence-electron chi connectivity index (χ2n) is 7.59. The Morgan fingerprint density at radius 1 is 1.03 bits per heavy atom. The zero-order valence-corrected chi connectivity index (χ0v) is 16.8. The van der Waals surface area contributed by atoms with Gasteiger partial charge in [0, 0.05) is 38.6 Å². The van der Waals surface area contributed by atoms with Crippen molar-refractivity contribution in [3.8, 4) is 0 Å². The number of aliphatic carboxylic acids is 1. The molecule has 3 amide bonds. The molecule has 8 heteroatoms. The van der Waals surface area contributed by atoms with Crippen LogP contribution in [0.5, 0.6) is 0 Å². The van der Waals surface area contributed by atoms with E-state index in [0.717, 1.165) is 24.4 Å². The number of carboxylic acids is 1. The Bertz CT molecular complexity index is 781. The highest BCUT2D eigenvalue weighted by Gasteiger charge is 2.42. The second kappa shape index (κ2) is 8.73. The van der Waals surface area contributed by atoms with Crippen LogP contribution in [0.15, 0.2) is 24.3 Å². The zero-order valence-electron chi connectivity index (χ0n) is 16.8. The molecule has 2 aliphatic rings. The summed E-state index contributed by atoms with van der Waals surface area (Å²) in [6, 6.07) is 5.40. The lowest BCUT2D eigenvalue weighted by molar-refractivity contribution is -0.142. The predicted octanol–water partition coefficient (Wildman–Crippen LogP) is 1.46. The van der Waals surface area contributed by atoms with Crippen LogP contribution >= 0.6 is 0 Å². The van der Waals surface area contributed by atoms with Gasteiger partial charge < -0.3 is 10.0 Å². The van der Waals surface area contributed by atoms with E-state index in [0.29, 0.717) is 19.1 Å². The summed E-state index contributed by atoms with van der Waals surface area (Å²) in [5.74, 6) is -2.66. The van der Waals surface area contributed by atoms with Crippen molar-refractivity contribution in [3.05, 3.63) is 35.4 Å². The molecule has 1 unspecified atom stereocenters. The number of piperazine rings is 1. The molecule has 2 atom stereocenters. The normalized spacial score (nSPS) is 19.2. The third kappa shape index (κ3) is 4.17. The van der Waals surface area contributed by atoms with E-state index in [1.807, 2.05) is 0 Å². The molecule has 1 fully saturated rings. The first kappa shape index (κ1) is 21.0. The second-order valence-corrected chi connectivity index (χ2v) is 7.59. The molecule has 1 saturated heterocycles. The molecule has 1 aromatic carbocycles. The molecule has 3 rings (SSSR count). The number of nitrogens with zero attached hydrogens (tertiary/aromatic N) is 3. The fourth-order valence-corrected chi connectivity index (χ4v) is 3.94. The van der Waals surface area contributed by atoms with Crippen molar-refractivity contribution in [2.45, 2.75) is 45.2 Å². The van der Waals surface area contributed by atoms with Crippen LogP contribution in [-0.4, -0.2) is 81.8 Å². The molecule has 1 aromatic rings. The summed E-state index contributed by atoms with van der Waals surface area (Å²) < 4.78 is 0. The fourth-order valence-electron chi connectivity index (χ4n) is 3.94. The van der Waals surface area contributed by atoms with E-state index in [4.69, 9.17) is 0 Å². The molecule has 2 heterocycles. The molecule has 0 saturated carbocycles. The number of benzene rings is 1. The van der Waals surface area contributed by atoms with Crippen molar-refractivity contribution in [1.29, 1.82) is 0 Å². The van der Waals surface area contributed by atoms with E-state index >= 15 is 0 Å². The first-order chi connectivity index (χ1) is 13.8. The van der Waals surface area contributed by atoms with Gasteiger partial charge >= 0.3 is 5.97 Å². The summed E-state index contributed by atoms with van der Waals surface area (Å²) >= 11 is 0. The summed E-state index contributed by atoms with van der Waals surface area (Å²) in [6.07, 6.45) is 0.938. The van der Waals surface area contributed by atoms with Crippen LogP contribution in [0.1, 0.15) is 53.8 Å². The van der Waals surface area contributed by atoms with E-state index in [1.165, 1.54) is 12.1 Å². The first-order valence-corrected chi connectivity index (χ1v) is 10.1. The average Bonchev–Trinajstić information content (AvgIpc) is 2.98. The van der Waals surface area contributed by atoms with Gasteiger partial charge in [-0.15, -0.1) is 0 Å². The van der Waals surface area contributed by atoms with Crippen LogP contribution in [0.4, 0.5) is 0 Å². The highest BCUT2D eigenvalue weighted by atomic mass is 16.4. The van der Waals surface area contributed by atoms with Gasteiger partial charge in [-0.2, -0.15) is 0 Å². The largest absolute Gasteiger partial charge is 0.480 e. The monoisotopic (exact) mass is 401 g/mol. The van der Waals surface area contributed by atoms with Crippen molar-refractivity contribution >= 4 is 23.7 Å². The lowest BCUT2D eigenvalue weighted by atomic mass is 10.1. The van der Waals surface area contributed by atoms with Crippen LogP contribution < -0.4 is 0 Å². The third-order valence-electron chi connectivity index (χ3n) is 5.93. The SMILES string of the molecule is CCC(C)N1CCN(C(=O)CC[C@@H](C(=O)O)N2C(=O)c3ccccc3C2=O)CC1. The summed E-state index contributed by atoms with van der Waals surface area (Å²) in [6.45, 7) is 7.09. The lowest BCUT2D eigenvalue weighted by Gasteiger charge is -2.38. The molecular weight excluding hydrogens is 374 g/mol. The topological polar surface area (TPSA) is 98.2 Å². The van der Waals surface area contributed by atoms with Crippen LogP contribution in [0, 0.1) is 0 Å². The van der Waals surface area contributed by atoms with Crippen LogP contribution in [-0.2, 0) is 9.59 Å². The van der Waals surface area contributed by atoms with Crippen molar-refractivity contribution < 1.29 is 24.3 Å². The van der Waals surface area contributed by atoms with Gasteiger partial charge in [0.25, 0.3) is 11.8 Å². The smallest absolute Gasteiger partial charge is 0.326 e. The summed E-state index contributed by atoms with van der Waals surface area (Å²) in [5, 5.41) is 9.62. The Morgan fingerprint density at radius 3 is 2.07 bits per heavy atom. The molecule has 0 bridgehead atoms. The Hall–Kier alpha value is -2.74. The molecule has 1 N–H and O–H groups in total. The van der Waals surface area contributed by atoms with Crippen molar-refractivity contribution in [2.24, 2.45) is 0 Å². The summed E-state index contributed by atoms with van der Waals surface area (Å²) in [5.41, 5.74) is 0.410. The molecule has 29 heavy (non-hydrogen) atoms. The Labute approximate surface area is 170 Å². The molecule has 2 aliphatic heterocycles. The zero-order chi connectivity index (χ0) is 21.1. The van der Waals surface area contributed by atoms with Gasteiger partial charge in [0.1, 0.15) is 6.04 Å². The maximum Gasteiger partial charge on any atom is 0.326 e.